The molecule has 3 aromatic heterocycles. The molecule has 4 rings (SSSR count). The van der Waals surface area contributed by atoms with Crippen LogP contribution in [0.5, 0.6) is 0 Å². The van der Waals surface area contributed by atoms with Gasteiger partial charge in [-0.05, 0) is 13.0 Å². The van der Waals surface area contributed by atoms with Crippen LogP contribution in [-0.4, -0.2) is 50.4 Å². The van der Waals surface area contributed by atoms with Gasteiger partial charge in [0.15, 0.2) is 5.65 Å². The Bertz CT molecular complexity index is 787. The van der Waals surface area contributed by atoms with E-state index in [9.17, 15) is 0 Å². The number of fused-ring (bicyclic) bond motifs is 1. The Morgan fingerprint density at radius 3 is 2.91 bits per heavy atom. The fourth-order valence-corrected chi connectivity index (χ4v) is 2.70. The van der Waals surface area contributed by atoms with E-state index in [2.05, 4.69) is 26.9 Å². The molecule has 0 aliphatic carbocycles. The molecule has 4 heterocycles. The normalized spacial score (nSPS) is 18.8. The van der Waals surface area contributed by atoms with Gasteiger partial charge in [0.05, 0.1) is 18.9 Å². The minimum Gasteiger partial charge on any atom is -0.375 e. The Morgan fingerprint density at radius 1 is 1.23 bits per heavy atom. The lowest BCUT2D eigenvalue weighted by molar-refractivity contribution is 0.0529. The van der Waals surface area contributed by atoms with E-state index in [1.54, 1.807) is 23.1 Å². The zero-order valence-corrected chi connectivity index (χ0v) is 12.3. The van der Waals surface area contributed by atoms with Gasteiger partial charge in [-0.15, -0.1) is 0 Å². The van der Waals surface area contributed by atoms with Crippen molar-refractivity contribution in [2.75, 3.05) is 24.6 Å². The largest absolute Gasteiger partial charge is 0.375 e. The second kappa shape index (κ2) is 5.34. The minimum absolute atomic E-state index is 0.221. The van der Waals surface area contributed by atoms with E-state index in [0.29, 0.717) is 0 Å². The zero-order chi connectivity index (χ0) is 14.9. The molecule has 3 aromatic rings. The van der Waals surface area contributed by atoms with Crippen LogP contribution < -0.4 is 4.90 Å². The van der Waals surface area contributed by atoms with Gasteiger partial charge in [0.2, 0.25) is 0 Å². The van der Waals surface area contributed by atoms with Crippen LogP contribution in [0, 0.1) is 0 Å². The predicted molar refractivity (Wildman–Crippen MR) is 81.6 cm³/mol. The van der Waals surface area contributed by atoms with E-state index in [-0.39, 0.29) is 6.10 Å². The van der Waals surface area contributed by atoms with Crippen molar-refractivity contribution in [1.82, 2.24) is 24.6 Å². The molecule has 1 saturated heterocycles. The predicted octanol–water partition coefficient (Wildman–Crippen LogP) is 1.41. The molecule has 7 heteroatoms. The Labute approximate surface area is 127 Å². The molecule has 22 heavy (non-hydrogen) atoms. The summed E-state index contributed by atoms with van der Waals surface area (Å²) in [5.41, 5.74) is 2.66. The summed E-state index contributed by atoms with van der Waals surface area (Å²) in [7, 11) is 0. The number of hydrogen-bond donors (Lipinski definition) is 0. The molecule has 1 atom stereocenters. The second-order valence-electron chi connectivity index (χ2n) is 5.37. The van der Waals surface area contributed by atoms with Crippen molar-refractivity contribution in [2.24, 2.45) is 0 Å². The molecule has 0 bridgehead atoms. The van der Waals surface area contributed by atoms with E-state index < -0.39 is 0 Å². The van der Waals surface area contributed by atoms with Gasteiger partial charge in [-0.25, -0.2) is 19.5 Å². The topological polar surface area (TPSA) is 68.4 Å². The van der Waals surface area contributed by atoms with Gasteiger partial charge in [0.1, 0.15) is 12.1 Å². The number of anilines is 1. The second-order valence-corrected chi connectivity index (χ2v) is 5.37. The number of rotatable bonds is 2. The highest BCUT2D eigenvalue weighted by molar-refractivity contribution is 5.76. The van der Waals surface area contributed by atoms with Crippen molar-refractivity contribution in [3.05, 3.63) is 37.2 Å². The van der Waals surface area contributed by atoms with Gasteiger partial charge in [0.25, 0.3) is 0 Å². The highest BCUT2D eigenvalue weighted by Gasteiger charge is 2.19. The lowest BCUT2D eigenvalue weighted by Crippen LogP contribution is -2.41. The molecule has 112 valence electrons. The average Bonchev–Trinajstić information content (AvgIpc) is 2.99. The molecular weight excluding hydrogens is 280 g/mol. The van der Waals surface area contributed by atoms with Crippen LogP contribution in [0.2, 0.25) is 0 Å². The smallest absolute Gasteiger partial charge is 0.165 e. The first kappa shape index (κ1) is 13.1. The summed E-state index contributed by atoms with van der Waals surface area (Å²) in [6.07, 6.45) is 9.02. The van der Waals surface area contributed by atoms with Crippen molar-refractivity contribution < 1.29 is 4.74 Å². The Morgan fingerprint density at radius 2 is 2.09 bits per heavy atom. The number of aromatic nitrogens is 5. The quantitative estimate of drug-likeness (QED) is 0.712. The Kier molecular flexibility index (Phi) is 3.19. The lowest BCUT2D eigenvalue weighted by Gasteiger charge is -2.32. The molecule has 1 aliphatic heterocycles. The summed E-state index contributed by atoms with van der Waals surface area (Å²) in [5.74, 6) is 0.946. The first-order valence-electron chi connectivity index (χ1n) is 7.27. The monoisotopic (exact) mass is 296 g/mol. The molecule has 0 amide bonds. The highest BCUT2D eigenvalue weighted by atomic mass is 16.5. The highest BCUT2D eigenvalue weighted by Crippen LogP contribution is 2.24. The maximum atomic E-state index is 5.59. The number of hydrogen-bond acceptors (Lipinski definition) is 6. The summed E-state index contributed by atoms with van der Waals surface area (Å²) < 4.78 is 7.37. The molecule has 1 unspecified atom stereocenters. The van der Waals surface area contributed by atoms with E-state index >= 15 is 0 Å². The van der Waals surface area contributed by atoms with Crippen molar-refractivity contribution in [3.63, 3.8) is 0 Å². The SMILES string of the molecule is CC1CN(c2ccn3ncc(-c4cncnc4)c3n2)CCO1. The van der Waals surface area contributed by atoms with Gasteiger partial charge >= 0.3 is 0 Å². The lowest BCUT2D eigenvalue weighted by atomic mass is 10.2. The summed E-state index contributed by atoms with van der Waals surface area (Å²) >= 11 is 0. The number of morpholine rings is 1. The standard InChI is InChI=1S/C15H16N6O/c1-11-9-20(4-5-22-11)14-2-3-21-15(19-14)13(8-18-21)12-6-16-10-17-7-12/h2-3,6-8,10-11H,4-5,9H2,1H3. The van der Waals surface area contributed by atoms with Gasteiger partial charge in [-0.2, -0.15) is 5.10 Å². The molecule has 1 aliphatic rings. The molecule has 0 N–H and O–H groups in total. The van der Waals surface area contributed by atoms with Crippen LogP contribution in [0.3, 0.4) is 0 Å². The number of ether oxygens (including phenoxy) is 1. The van der Waals surface area contributed by atoms with Crippen LogP contribution >= 0.6 is 0 Å². The van der Waals surface area contributed by atoms with E-state index in [0.717, 1.165) is 42.3 Å². The first-order valence-corrected chi connectivity index (χ1v) is 7.27. The van der Waals surface area contributed by atoms with Crippen LogP contribution in [0.1, 0.15) is 6.92 Å². The summed E-state index contributed by atoms with van der Waals surface area (Å²) in [4.78, 5) is 15.2. The zero-order valence-electron chi connectivity index (χ0n) is 12.3. The van der Waals surface area contributed by atoms with E-state index in [4.69, 9.17) is 9.72 Å². The van der Waals surface area contributed by atoms with Gasteiger partial charge < -0.3 is 9.64 Å². The van der Waals surface area contributed by atoms with Gasteiger partial charge in [-0.3, -0.25) is 0 Å². The van der Waals surface area contributed by atoms with Crippen LogP contribution in [0.4, 0.5) is 5.82 Å². The van der Waals surface area contributed by atoms with Crippen molar-refractivity contribution in [2.45, 2.75) is 13.0 Å². The molecule has 0 radical (unpaired) electrons. The summed E-state index contributed by atoms with van der Waals surface area (Å²) in [6, 6.07) is 1.99. The molecule has 0 spiro atoms. The van der Waals surface area contributed by atoms with Gasteiger partial charge in [-0.1, -0.05) is 0 Å². The van der Waals surface area contributed by atoms with Crippen molar-refractivity contribution in [3.8, 4) is 11.1 Å². The maximum absolute atomic E-state index is 5.59. The van der Waals surface area contributed by atoms with Crippen molar-refractivity contribution >= 4 is 11.5 Å². The average molecular weight is 296 g/mol. The molecule has 1 fully saturated rings. The van der Waals surface area contributed by atoms with E-state index in [1.807, 2.05) is 12.3 Å². The third kappa shape index (κ3) is 2.29. The van der Waals surface area contributed by atoms with Crippen LogP contribution in [0.15, 0.2) is 37.2 Å². The number of nitrogens with zero attached hydrogens (tertiary/aromatic N) is 6. The fourth-order valence-electron chi connectivity index (χ4n) is 2.70. The molecule has 0 saturated carbocycles. The third-order valence-corrected chi connectivity index (χ3v) is 3.79. The van der Waals surface area contributed by atoms with E-state index in [1.165, 1.54) is 6.33 Å². The Hall–Kier alpha value is -2.54. The minimum atomic E-state index is 0.221. The van der Waals surface area contributed by atoms with Crippen LogP contribution in [-0.2, 0) is 4.74 Å². The maximum Gasteiger partial charge on any atom is 0.165 e. The molecule has 7 nitrogen and oxygen atoms in total. The van der Waals surface area contributed by atoms with Gasteiger partial charge in [0, 0.05) is 42.8 Å². The van der Waals surface area contributed by atoms with Crippen LogP contribution in [0.25, 0.3) is 16.8 Å². The molecule has 0 aromatic carbocycles. The summed E-state index contributed by atoms with van der Waals surface area (Å²) in [5, 5.41) is 4.35. The summed E-state index contributed by atoms with van der Waals surface area (Å²) in [6.45, 7) is 4.51. The Balaban J connectivity index is 1.76. The fraction of sp³-hybridized carbons (Fsp3) is 0.333. The first-order chi connectivity index (χ1) is 10.8. The molecular formula is C15H16N6O. The van der Waals surface area contributed by atoms with Crippen molar-refractivity contribution in [1.29, 1.82) is 0 Å². The third-order valence-electron chi connectivity index (χ3n) is 3.79.